The molecule has 2 amide bonds. The number of aliphatic hydroxyl groups excluding tert-OH is 1. The number of benzene rings is 1. The summed E-state index contributed by atoms with van der Waals surface area (Å²) in [6.45, 7) is 0.0572. The van der Waals surface area contributed by atoms with E-state index in [0.29, 0.717) is 33.8 Å². The van der Waals surface area contributed by atoms with Gasteiger partial charge in [0.2, 0.25) is 0 Å². The summed E-state index contributed by atoms with van der Waals surface area (Å²) in [4.78, 5) is 12.0. The monoisotopic (exact) mass is 332 g/mol. The van der Waals surface area contributed by atoms with Crippen LogP contribution in [0.15, 0.2) is 12.1 Å². The van der Waals surface area contributed by atoms with Crippen molar-refractivity contribution in [3.63, 3.8) is 0 Å². The third-order valence-electron chi connectivity index (χ3n) is 3.41. The second-order valence-electron chi connectivity index (χ2n) is 5.03. The van der Waals surface area contributed by atoms with Crippen molar-refractivity contribution in [3.8, 4) is 5.75 Å². The van der Waals surface area contributed by atoms with Gasteiger partial charge in [0.05, 0.1) is 17.2 Å². The number of anilines is 1. The zero-order valence-electron chi connectivity index (χ0n) is 11.7. The summed E-state index contributed by atoms with van der Waals surface area (Å²) in [5.74, 6) is 0.839. The van der Waals surface area contributed by atoms with E-state index in [4.69, 9.17) is 33.0 Å². The molecule has 116 valence electrons. The largest absolute Gasteiger partial charge is 0.494 e. The van der Waals surface area contributed by atoms with E-state index in [1.54, 1.807) is 12.1 Å². The average molecular weight is 333 g/mol. The molecule has 0 radical (unpaired) electrons. The maximum Gasteiger partial charge on any atom is 0.319 e. The van der Waals surface area contributed by atoms with Gasteiger partial charge in [-0.1, -0.05) is 23.2 Å². The molecular formula is C14H18Cl2N2O3. The third-order valence-corrected chi connectivity index (χ3v) is 3.97. The van der Waals surface area contributed by atoms with Crippen LogP contribution in [-0.2, 0) is 0 Å². The van der Waals surface area contributed by atoms with Crippen molar-refractivity contribution in [1.29, 1.82) is 0 Å². The van der Waals surface area contributed by atoms with E-state index in [0.717, 1.165) is 12.8 Å². The highest BCUT2D eigenvalue weighted by atomic mass is 35.5. The molecule has 1 fully saturated rings. The van der Waals surface area contributed by atoms with E-state index in [-0.39, 0.29) is 18.7 Å². The number of hydrogen-bond acceptors (Lipinski definition) is 3. The van der Waals surface area contributed by atoms with Gasteiger partial charge in [-0.05, 0) is 37.3 Å². The van der Waals surface area contributed by atoms with Crippen molar-refractivity contribution in [2.45, 2.75) is 25.3 Å². The van der Waals surface area contributed by atoms with Crippen LogP contribution in [-0.4, -0.2) is 30.9 Å². The quantitative estimate of drug-likeness (QED) is 0.748. The van der Waals surface area contributed by atoms with Crippen LogP contribution in [0.2, 0.25) is 10.0 Å². The Balaban J connectivity index is 1.98. The van der Waals surface area contributed by atoms with Gasteiger partial charge in [-0.2, -0.15) is 0 Å². The van der Waals surface area contributed by atoms with Crippen molar-refractivity contribution in [2.24, 2.45) is 5.92 Å². The summed E-state index contributed by atoms with van der Waals surface area (Å²) >= 11 is 12.0. The van der Waals surface area contributed by atoms with Crippen molar-refractivity contribution in [3.05, 3.63) is 22.2 Å². The first kappa shape index (κ1) is 16.2. The number of carbonyl (C=O) groups is 1. The van der Waals surface area contributed by atoms with Gasteiger partial charge in [-0.3, -0.25) is 0 Å². The highest BCUT2D eigenvalue weighted by Gasteiger charge is 2.31. The molecule has 0 unspecified atom stereocenters. The van der Waals surface area contributed by atoms with Crippen LogP contribution in [0, 0.1) is 5.92 Å². The molecule has 1 aromatic carbocycles. The summed E-state index contributed by atoms with van der Waals surface area (Å²) in [5.41, 5.74) is 0.488. The number of aliphatic hydroxyl groups is 1. The number of carbonyl (C=O) groups excluding carboxylic acids is 1. The second-order valence-corrected chi connectivity index (χ2v) is 5.84. The molecule has 1 atom stereocenters. The van der Waals surface area contributed by atoms with Crippen LogP contribution in [0.3, 0.4) is 0 Å². The number of urea groups is 1. The molecule has 0 heterocycles. The Labute approximate surface area is 133 Å². The van der Waals surface area contributed by atoms with Gasteiger partial charge < -0.3 is 20.5 Å². The molecule has 1 aliphatic carbocycles. The zero-order valence-corrected chi connectivity index (χ0v) is 13.2. The number of amides is 2. The van der Waals surface area contributed by atoms with E-state index in [1.165, 1.54) is 7.11 Å². The number of rotatable bonds is 6. The summed E-state index contributed by atoms with van der Waals surface area (Å²) in [5, 5.41) is 15.2. The van der Waals surface area contributed by atoms with Gasteiger partial charge in [-0.15, -0.1) is 0 Å². The lowest BCUT2D eigenvalue weighted by Gasteiger charge is -2.18. The first-order chi connectivity index (χ1) is 10.0. The Morgan fingerprint density at radius 3 is 2.52 bits per heavy atom. The van der Waals surface area contributed by atoms with Gasteiger partial charge >= 0.3 is 6.03 Å². The van der Waals surface area contributed by atoms with Gasteiger partial charge in [-0.25, -0.2) is 4.79 Å². The second kappa shape index (κ2) is 7.20. The Morgan fingerprint density at radius 2 is 2.05 bits per heavy atom. The lowest BCUT2D eigenvalue weighted by Crippen LogP contribution is -2.39. The molecule has 1 aromatic rings. The molecule has 5 nitrogen and oxygen atoms in total. The first-order valence-corrected chi connectivity index (χ1v) is 7.52. The summed E-state index contributed by atoms with van der Waals surface area (Å²) in [7, 11) is 1.47. The van der Waals surface area contributed by atoms with Crippen molar-refractivity contribution >= 4 is 34.9 Å². The fourth-order valence-electron chi connectivity index (χ4n) is 2.23. The third kappa shape index (κ3) is 4.40. The van der Waals surface area contributed by atoms with Crippen LogP contribution in [0.25, 0.3) is 0 Å². The van der Waals surface area contributed by atoms with Crippen LogP contribution in [0.4, 0.5) is 10.5 Å². The fourth-order valence-corrected chi connectivity index (χ4v) is 2.87. The minimum Gasteiger partial charge on any atom is -0.494 e. The summed E-state index contributed by atoms with van der Waals surface area (Å²) < 4.78 is 5.05. The Bertz CT molecular complexity index is 498. The zero-order chi connectivity index (χ0) is 15.4. The van der Waals surface area contributed by atoms with Gasteiger partial charge in [0, 0.05) is 18.3 Å². The molecule has 1 aliphatic rings. The molecule has 0 bridgehead atoms. The molecule has 0 aliphatic heterocycles. The summed E-state index contributed by atoms with van der Waals surface area (Å²) in [6.07, 6.45) is 2.73. The van der Waals surface area contributed by atoms with Crippen molar-refractivity contribution in [1.82, 2.24) is 5.32 Å². The van der Waals surface area contributed by atoms with E-state index in [9.17, 15) is 4.79 Å². The van der Waals surface area contributed by atoms with E-state index in [2.05, 4.69) is 10.6 Å². The maximum atomic E-state index is 12.0. The minimum absolute atomic E-state index is 0.000748. The molecule has 0 aromatic heterocycles. The molecule has 0 spiro atoms. The van der Waals surface area contributed by atoms with Gasteiger partial charge in [0.15, 0.2) is 5.75 Å². The lowest BCUT2D eigenvalue weighted by molar-refractivity contribution is 0.234. The Kier molecular flexibility index (Phi) is 5.56. The highest BCUT2D eigenvalue weighted by Crippen LogP contribution is 2.36. The van der Waals surface area contributed by atoms with Crippen molar-refractivity contribution in [2.75, 3.05) is 19.0 Å². The van der Waals surface area contributed by atoms with Crippen molar-refractivity contribution < 1.29 is 14.6 Å². The van der Waals surface area contributed by atoms with Crippen LogP contribution < -0.4 is 15.4 Å². The number of hydrogen-bond donors (Lipinski definition) is 3. The smallest absolute Gasteiger partial charge is 0.319 e. The number of halogens is 2. The summed E-state index contributed by atoms with van der Waals surface area (Å²) in [6, 6.07) is 2.81. The molecular weight excluding hydrogens is 315 g/mol. The lowest BCUT2D eigenvalue weighted by atomic mass is 10.1. The molecule has 3 N–H and O–H groups in total. The van der Waals surface area contributed by atoms with Crippen LogP contribution in [0.5, 0.6) is 5.75 Å². The predicted octanol–water partition coefficient (Wildman–Crippen LogP) is 3.28. The highest BCUT2D eigenvalue weighted by molar-refractivity contribution is 6.37. The average Bonchev–Trinajstić information content (AvgIpc) is 3.22. The number of ether oxygens (including phenoxy) is 1. The fraction of sp³-hybridized carbons (Fsp3) is 0.500. The molecule has 1 saturated carbocycles. The minimum atomic E-state index is -0.336. The van der Waals surface area contributed by atoms with Gasteiger partial charge in [0.1, 0.15) is 0 Å². The molecule has 2 rings (SSSR count). The maximum absolute atomic E-state index is 12.0. The SMILES string of the molecule is COc1c(Cl)cc(NC(=O)N[C@@H](CCO)C2CC2)cc1Cl. The van der Waals surface area contributed by atoms with E-state index >= 15 is 0 Å². The normalized spacial score (nSPS) is 15.4. The van der Waals surface area contributed by atoms with Crippen LogP contribution in [0.1, 0.15) is 19.3 Å². The van der Waals surface area contributed by atoms with Crippen LogP contribution >= 0.6 is 23.2 Å². The van der Waals surface area contributed by atoms with E-state index < -0.39 is 0 Å². The molecule has 21 heavy (non-hydrogen) atoms. The standard InChI is InChI=1S/C14H18Cl2N2O3/c1-21-13-10(15)6-9(7-11(13)16)17-14(20)18-12(4-5-19)8-2-3-8/h6-8,12,19H,2-5H2,1H3,(H2,17,18,20)/t12-/m0/s1. The number of methoxy groups -OCH3 is 1. The predicted molar refractivity (Wildman–Crippen MR) is 83.4 cm³/mol. The topological polar surface area (TPSA) is 70.6 Å². The Hall–Kier alpha value is -1.17. The first-order valence-electron chi connectivity index (χ1n) is 6.76. The van der Waals surface area contributed by atoms with E-state index in [1.807, 2.05) is 0 Å². The molecule has 0 saturated heterocycles. The molecule has 7 heteroatoms. The Morgan fingerprint density at radius 1 is 1.43 bits per heavy atom. The number of nitrogens with one attached hydrogen (secondary N) is 2. The van der Waals surface area contributed by atoms with Gasteiger partial charge in [0.25, 0.3) is 0 Å².